The van der Waals surface area contributed by atoms with E-state index in [4.69, 9.17) is 37.4 Å². The Morgan fingerprint density at radius 3 is 2.69 bits per heavy atom. The van der Waals surface area contributed by atoms with Crippen LogP contribution in [0.4, 0.5) is 5.82 Å². The Hall–Kier alpha value is -2.51. The number of hydrogen-bond acceptors (Lipinski definition) is 6. The molecule has 26 heavy (non-hydrogen) atoms. The van der Waals surface area contributed by atoms with Gasteiger partial charge in [0.05, 0.1) is 28.8 Å². The molecular weight excluding hydrogens is 383 g/mol. The highest BCUT2D eigenvalue weighted by molar-refractivity contribution is 6.36. The second kappa shape index (κ2) is 8.25. The molecule has 1 aromatic carbocycles. The molecule has 9 heteroatoms. The summed E-state index contributed by atoms with van der Waals surface area (Å²) in [6, 6.07) is 6.15. The number of amides is 1. The molecule has 0 bridgehead atoms. The van der Waals surface area contributed by atoms with Gasteiger partial charge in [-0.25, -0.2) is 9.78 Å². The molecule has 0 aliphatic carbocycles. The predicted molar refractivity (Wildman–Crippen MR) is 95.2 cm³/mol. The summed E-state index contributed by atoms with van der Waals surface area (Å²) in [6.45, 7) is 0.564. The highest BCUT2D eigenvalue weighted by Crippen LogP contribution is 2.30. The van der Waals surface area contributed by atoms with Crippen molar-refractivity contribution in [1.29, 1.82) is 0 Å². The van der Waals surface area contributed by atoms with Crippen LogP contribution in [0, 0.1) is 0 Å². The molecule has 1 amide bonds. The molecular formula is C17H14Cl2N2O5. The molecule has 136 valence electrons. The van der Waals surface area contributed by atoms with Crippen molar-refractivity contribution in [3.63, 3.8) is 0 Å². The maximum absolute atomic E-state index is 12.1. The van der Waals surface area contributed by atoms with Gasteiger partial charge in [0.1, 0.15) is 0 Å². The van der Waals surface area contributed by atoms with Crippen LogP contribution in [0.1, 0.15) is 16.8 Å². The van der Waals surface area contributed by atoms with Gasteiger partial charge in [-0.2, -0.15) is 0 Å². The van der Waals surface area contributed by atoms with Gasteiger partial charge in [0.15, 0.2) is 23.9 Å². The molecule has 0 fully saturated rings. The van der Waals surface area contributed by atoms with Gasteiger partial charge in [-0.1, -0.05) is 23.2 Å². The topological polar surface area (TPSA) is 86.8 Å². The molecule has 0 saturated carbocycles. The number of anilines is 1. The standard InChI is InChI=1S/C17H14Cl2N2O5/c18-11-7-12(19)16(20-8-11)21-15(22)9-26-17(23)10-2-3-13-14(6-10)25-5-1-4-24-13/h2-3,6-8H,1,4-5,9H2,(H,20,21,22). The minimum Gasteiger partial charge on any atom is -0.490 e. The fourth-order valence-electron chi connectivity index (χ4n) is 2.18. The number of fused-ring (bicyclic) bond motifs is 1. The summed E-state index contributed by atoms with van der Waals surface area (Å²) in [6.07, 6.45) is 2.10. The molecule has 1 aliphatic rings. The van der Waals surface area contributed by atoms with E-state index < -0.39 is 18.5 Å². The van der Waals surface area contributed by atoms with Crippen LogP contribution in [-0.2, 0) is 9.53 Å². The van der Waals surface area contributed by atoms with Crippen molar-refractivity contribution in [3.8, 4) is 11.5 Å². The Morgan fingerprint density at radius 1 is 1.15 bits per heavy atom. The summed E-state index contributed by atoms with van der Waals surface area (Å²) in [4.78, 5) is 27.9. The maximum Gasteiger partial charge on any atom is 0.338 e. The fraction of sp³-hybridized carbons (Fsp3) is 0.235. The number of benzene rings is 1. The van der Waals surface area contributed by atoms with Crippen LogP contribution >= 0.6 is 23.2 Å². The van der Waals surface area contributed by atoms with E-state index in [-0.39, 0.29) is 16.4 Å². The number of esters is 1. The highest BCUT2D eigenvalue weighted by Gasteiger charge is 2.16. The number of carbonyl (C=O) groups is 2. The van der Waals surface area contributed by atoms with Crippen LogP contribution in [-0.4, -0.2) is 36.7 Å². The quantitative estimate of drug-likeness (QED) is 0.797. The summed E-state index contributed by atoms with van der Waals surface area (Å²) in [7, 11) is 0. The number of pyridine rings is 1. The molecule has 7 nitrogen and oxygen atoms in total. The first-order valence-corrected chi connectivity index (χ1v) is 8.46. The number of aromatic nitrogens is 1. The average molecular weight is 397 g/mol. The largest absolute Gasteiger partial charge is 0.490 e. The number of hydrogen-bond donors (Lipinski definition) is 1. The SMILES string of the molecule is O=C(COC(=O)c1ccc2c(c1)OCCCO2)Nc1ncc(Cl)cc1Cl. The second-order valence-electron chi connectivity index (χ2n) is 5.32. The summed E-state index contributed by atoms with van der Waals surface area (Å²) in [5.74, 6) is -0.0677. The van der Waals surface area contributed by atoms with E-state index in [1.54, 1.807) is 12.1 Å². The van der Waals surface area contributed by atoms with Gasteiger partial charge in [0, 0.05) is 12.6 Å². The number of halogens is 2. The highest BCUT2D eigenvalue weighted by atomic mass is 35.5. The third-order valence-corrected chi connectivity index (χ3v) is 3.88. The lowest BCUT2D eigenvalue weighted by Crippen LogP contribution is -2.21. The third kappa shape index (κ3) is 4.56. The smallest absolute Gasteiger partial charge is 0.338 e. The molecule has 1 N–H and O–H groups in total. The van der Waals surface area contributed by atoms with Crippen LogP contribution in [0.5, 0.6) is 11.5 Å². The zero-order valence-electron chi connectivity index (χ0n) is 13.5. The first kappa shape index (κ1) is 18.3. The van der Waals surface area contributed by atoms with Crippen molar-refractivity contribution >= 4 is 40.9 Å². The van der Waals surface area contributed by atoms with Gasteiger partial charge < -0.3 is 19.5 Å². The van der Waals surface area contributed by atoms with Crippen molar-refractivity contribution in [2.24, 2.45) is 0 Å². The Bertz CT molecular complexity index is 844. The van der Waals surface area contributed by atoms with E-state index in [2.05, 4.69) is 10.3 Å². The fourth-order valence-corrected chi connectivity index (χ4v) is 2.61. The molecule has 0 unspecified atom stereocenters. The van der Waals surface area contributed by atoms with Gasteiger partial charge in [-0.05, 0) is 24.3 Å². The molecule has 2 aromatic rings. The minimum absolute atomic E-state index is 0.132. The summed E-state index contributed by atoms with van der Waals surface area (Å²) in [5.41, 5.74) is 0.254. The molecule has 2 heterocycles. The average Bonchev–Trinajstić information content (AvgIpc) is 2.86. The minimum atomic E-state index is -0.661. The molecule has 0 radical (unpaired) electrons. The van der Waals surface area contributed by atoms with E-state index in [1.165, 1.54) is 18.3 Å². The monoisotopic (exact) mass is 396 g/mol. The number of nitrogens with zero attached hydrogens (tertiary/aromatic N) is 1. The van der Waals surface area contributed by atoms with E-state index in [0.717, 1.165) is 6.42 Å². The van der Waals surface area contributed by atoms with E-state index in [9.17, 15) is 9.59 Å². The Kier molecular flexibility index (Phi) is 5.80. The van der Waals surface area contributed by atoms with Gasteiger partial charge in [-0.3, -0.25) is 4.79 Å². The molecule has 0 saturated heterocycles. The molecule has 0 spiro atoms. The number of carbonyl (C=O) groups excluding carboxylic acids is 2. The van der Waals surface area contributed by atoms with E-state index in [1.807, 2.05) is 0 Å². The molecule has 1 aliphatic heterocycles. The van der Waals surface area contributed by atoms with Crippen molar-refractivity contribution in [2.45, 2.75) is 6.42 Å². The normalized spacial score (nSPS) is 12.8. The zero-order chi connectivity index (χ0) is 18.5. The summed E-state index contributed by atoms with van der Waals surface area (Å²) >= 11 is 11.7. The Labute approximate surface area is 159 Å². The van der Waals surface area contributed by atoms with Gasteiger partial charge in [-0.15, -0.1) is 0 Å². The predicted octanol–water partition coefficient (Wildman–Crippen LogP) is 3.35. The van der Waals surface area contributed by atoms with Crippen molar-refractivity contribution in [2.75, 3.05) is 25.1 Å². The Balaban J connectivity index is 1.58. The van der Waals surface area contributed by atoms with Crippen LogP contribution in [0.15, 0.2) is 30.5 Å². The lowest BCUT2D eigenvalue weighted by molar-refractivity contribution is -0.119. The van der Waals surface area contributed by atoms with E-state index >= 15 is 0 Å². The van der Waals surface area contributed by atoms with Crippen molar-refractivity contribution < 1.29 is 23.8 Å². The molecule has 0 atom stereocenters. The van der Waals surface area contributed by atoms with Crippen LogP contribution < -0.4 is 14.8 Å². The van der Waals surface area contributed by atoms with E-state index in [0.29, 0.717) is 29.7 Å². The van der Waals surface area contributed by atoms with Crippen LogP contribution in [0.25, 0.3) is 0 Å². The maximum atomic E-state index is 12.1. The second-order valence-corrected chi connectivity index (χ2v) is 6.16. The first-order valence-electron chi connectivity index (χ1n) is 7.70. The van der Waals surface area contributed by atoms with Crippen LogP contribution in [0.3, 0.4) is 0 Å². The number of rotatable bonds is 4. The Morgan fingerprint density at radius 2 is 1.92 bits per heavy atom. The lowest BCUT2D eigenvalue weighted by atomic mass is 10.2. The molecule has 3 rings (SSSR count). The summed E-state index contributed by atoms with van der Waals surface area (Å²) < 4.78 is 16.0. The van der Waals surface area contributed by atoms with Gasteiger partial charge in [0.25, 0.3) is 5.91 Å². The first-order chi connectivity index (χ1) is 12.5. The van der Waals surface area contributed by atoms with Crippen LogP contribution in [0.2, 0.25) is 10.0 Å². The lowest BCUT2D eigenvalue weighted by Gasteiger charge is -2.10. The van der Waals surface area contributed by atoms with Crippen molar-refractivity contribution in [1.82, 2.24) is 4.98 Å². The number of nitrogens with one attached hydrogen (secondary N) is 1. The third-order valence-electron chi connectivity index (χ3n) is 3.38. The number of ether oxygens (including phenoxy) is 3. The summed E-state index contributed by atoms with van der Waals surface area (Å²) in [5, 5.41) is 2.96. The van der Waals surface area contributed by atoms with Gasteiger partial charge in [0.2, 0.25) is 0 Å². The van der Waals surface area contributed by atoms with Crippen molar-refractivity contribution in [3.05, 3.63) is 46.1 Å². The molecule has 1 aromatic heterocycles. The zero-order valence-corrected chi connectivity index (χ0v) is 15.0. The van der Waals surface area contributed by atoms with Gasteiger partial charge >= 0.3 is 5.97 Å².